The molecule has 2 heterocycles. The maximum Gasteiger partial charge on any atom is 0.270 e. The molecule has 0 atom stereocenters. The summed E-state index contributed by atoms with van der Waals surface area (Å²) in [7, 11) is 0. The number of amides is 1. The number of rotatable bonds is 5. The van der Waals surface area contributed by atoms with Gasteiger partial charge in [0, 0.05) is 24.5 Å². The normalized spacial score (nSPS) is 10.6. The van der Waals surface area contributed by atoms with Crippen LogP contribution in [0.4, 0.5) is 0 Å². The van der Waals surface area contributed by atoms with E-state index in [1.54, 1.807) is 17.1 Å². The fourth-order valence-corrected chi connectivity index (χ4v) is 2.95. The van der Waals surface area contributed by atoms with Gasteiger partial charge in [0.1, 0.15) is 5.69 Å². The molecule has 0 saturated carbocycles. The summed E-state index contributed by atoms with van der Waals surface area (Å²) < 4.78 is 1.70. The first-order valence-corrected chi connectivity index (χ1v) is 9.10. The zero-order valence-corrected chi connectivity index (χ0v) is 15.5. The van der Waals surface area contributed by atoms with Gasteiger partial charge in [-0.25, -0.2) is 4.68 Å². The Balaban J connectivity index is 1.68. The van der Waals surface area contributed by atoms with Gasteiger partial charge in [-0.15, -0.1) is 0 Å². The lowest BCUT2D eigenvalue weighted by Gasteiger charge is -2.09. The zero-order valence-electron chi connectivity index (χ0n) is 15.5. The van der Waals surface area contributed by atoms with Crippen LogP contribution in [0.3, 0.4) is 0 Å². The van der Waals surface area contributed by atoms with Crippen LogP contribution in [0.25, 0.3) is 16.9 Å². The predicted molar refractivity (Wildman–Crippen MR) is 109 cm³/mol. The lowest BCUT2D eigenvalue weighted by atomic mass is 10.1. The summed E-state index contributed by atoms with van der Waals surface area (Å²) in [5, 5.41) is 7.68. The van der Waals surface area contributed by atoms with E-state index in [0.717, 1.165) is 28.1 Å². The van der Waals surface area contributed by atoms with Crippen LogP contribution in [0.15, 0.2) is 85.2 Å². The minimum absolute atomic E-state index is 0.174. The molecule has 0 aliphatic heterocycles. The summed E-state index contributed by atoms with van der Waals surface area (Å²) in [6.07, 6.45) is 3.43. The number of carbonyl (C=O) groups is 1. The van der Waals surface area contributed by atoms with Gasteiger partial charge in [0.25, 0.3) is 5.91 Å². The van der Waals surface area contributed by atoms with Crippen LogP contribution in [0.5, 0.6) is 0 Å². The molecule has 0 saturated heterocycles. The summed E-state index contributed by atoms with van der Waals surface area (Å²) in [4.78, 5) is 16.9. The quantitative estimate of drug-likeness (QED) is 0.575. The SMILES string of the molecule is Cc1ccc(-n2nc(-c3ccccc3)cc2C(=O)NCc2ccncc2)cc1. The molecule has 5 nitrogen and oxygen atoms in total. The Kier molecular flexibility index (Phi) is 4.97. The van der Waals surface area contributed by atoms with Gasteiger partial charge >= 0.3 is 0 Å². The van der Waals surface area contributed by atoms with Crippen molar-refractivity contribution < 1.29 is 4.79 Å². The number of nitrogens with zero attached hydrogens (tertiary/aromatic N) is 3. The van der Waals surface area contributed by atoms with E-state index in [9.17, 15) is 4.79 Å². The number of aryl methyl sites for hydroxylation is 1. The van der Waals surface area contributed by atoms with Gasteiger partial charge in [-0.2, -0.15) is 5.10 Å². The van der Waals surface area contributed by atoms with E-state index in [1.807, 2.05) is 79.7 Å². The molecule has 138 valence electrons. The smallest absolute Gasteiger partial charge is 0.270 e. The predicted octanol–water partition coefficient (Wildman–Crippen LogP) is 4.17. The van der Waals surface area contributed by atoms with E-state index in [2.05, 4.69) is 10.3 Å². The third kappa shape index (κ3) is 3.83. The van der Waals surface area contributed by atoms with Gasteiger partial charge in [0.2, 0.25) is 0 Å². The number of hydrogen-bond donors (Lipinski definition) is 1. The van der Waals surface area contributed by atoms with Crippen LogP contribution in [0, 0.1) is 6.92 Å². The molecule has 28 heavy (non-hydrogen) atoms. The van der Waals surface area contributed by atoms with Gasteiger partial charge < -0.3 is 5.32 Å². The van der Waals surface area contributed by atoms with Crippen LogP contribution in [-0.4, -0.2) is 20.7 Å². The highest BCUT2D eigenvalue weighted by atomic mass is 16.2. The summed E-state index contributed by atoms with van der Waals surface area (Å²) >= 11 is 0. The van der Waals surface area contributed by atoms with Gasteiger partial charge in [-0.1, -0.05) is 48.0 Å². The molecule has 1 N–H and O–H groups in total. The highest BCUT2D eigenvalue weighted by molar-refractivity contribution is 5.94. The van der Waals surface area contributed by atoms with E-state index >= 15 is 0 Å². The van der Waals surface area contributed by atoms with E-state index in [4.69, 9.17) is 5.10 Å². The summed E-state index contributed by atoms with van der Waals surface area (Å²) in [6.45, 7) is 2.46. The Morgan fingerprint density at radius 3 is 2.39 bits per heavy atom. The molecule has 0 radical (unpaired) electrons. The Morgan fingerprint density at radius 1 is 0.964 bits per heavy atom. The van der Waals surface area contributed by atoms with Crippen molar-refractivity contribution in [3.8, 4) is 16.9 Å². The molecule has 2 aromatic heterocycles. The lowest BCUT2D eigenvalue weighted by molar-refractivity contribution is 0.0943. The van der Waals surface area contributed by atoms with Crippen molar-refractivity contribution in [3.63, 3.8) is 0 Å². The van der Waals surface area contributed by atoms with E-state index in [0.29, 0.717) is 12.2 Å². The zero-order chi connectivity index (χ0) is 19.3. The number of carbonyl (C=O) groups excluding carboxylic acids is 1. The van der Waals surface area contributed by atoms with Crippen LogP contribution in [0.1, 0.15) is 21.6 Å². The molecule has 4 aromatic rings. The third-order valence-corrected chi connectivity index (χ3v) is 4.49. The Morgan fingerprint density at radius 2 is 1.68 bits per heavy atom. The Bertz CT molecular complexity index is 1070. The number of nitrogens with one attached hydrogen (secondary N) is 1. The number of benzene rings is 2. The molecule has 0 aliphatic rings. The van der Waals surface area contributed by atoms with Gasteiger partial charge in [-0.3, -0.25) is 9.78 Å². The Labute approximate surface area is 163 Å². The molecule has 1 amide bonds. The highest BCUT2D eigenvalue weighted by Gasteiger charge is 2.17. The molecular weight excluding hydrogens is 348 g/mol. The monoisotopic (exact) mass is 368 g/mol. The van der Waals surface area contributed by atoms with E-state index in [1.165, 1.54) is 0 Å². The summed E-state index contributed by atoms with van der Waals surface area (Å²) in [6, 6.07) is 23.4. The second kappa shape index (κ2) is 7.88. The lowest BCUT2D eigenvalue weighted by Crippen LogP contribution is -2.25. The van der Waals surface area contributed by atoms with Gasteiger partial charge in [0.05, 0.1) is 11.4 Å². The minimum Gasteiger partial charge on any atom is -0.347 e. The summed E-state index contributed by atoms with van der Waals surface area (Å²) in [5.74, 6) is -0.174. The van der Waals surface area contributed by atoms with Crippen molar-refractivity contribution in [2.75, 3.05) is 0 Å². The van der Waals surface area contributed by atoms with Crippen LogP contribution in [0.2, 0.25) is 0 Å². The number of pyridine rings is 1. The standard InChI is InChI=1S/C23H20N4O/c1-17-7-9-20(10-8-17)27-22(15-21(26-27)19-5-3-2-4-6-19)23(28)25-16-18-11-13-24-14-12-18/h2-15H,16H2,1H3,(H,25,28). The molecular formula is C23H20N4O. The highest BCUT2D eigenvalue weighted by Crippen LogP contribution is 2.22. The first kappa shape index (κ1) is 17.7. The van der Waals surface area contributed by atoms with Gasteiger partial charge in [-0.05, 0) is 42.8 Å². The second-order valence-electron chi connectivity index (χ2n) is 6.57. The molecule has 5 heteroatoms. The topological polar surface area (TPSA) is 59.8 Å². The van der Waals surface area contributed by atoms with Crippen LogP contribution >= 0.6 is 0 Å². The second-order valence-corrected chi connectivity index (χ2v) is 6.57. The third-order valence-electron chi connectivity index (χ3n) is 4.49. The number of hydrogen-bond acceptors (Lipinski definition) is 3. The summed E-state index contributed by atoms with van der Waals surface area (Å²) in [5.41, 5.74) is 5.22. The minimum atomic E-state index is -0.174. The van der Waals surface area contributed by atoms with Crippen molar-refractivity contribution in [1.29, 1.82) is 0 Å². The maximum absolute atomic E-state index is 12.9. The fourth-order valence-electron chi connectivity index (χ4n) is 2.95. The molecule has 0 unspecified atom stereocenters. The molecule has 0 bridgehead atoms. The molecule has 0 spiro atoms. The Hall–Kier alpha value is -3.73. The van der Waals surface area contributed by atoms with Crippen LogP contribution < -0.4 is 5.32 Å². The van der Waals surface area contributed by atoms with Crippen LogP contribution in [-0.2, 0) is 6.54 Å². The van der Waals surface area contributed by atoms with Crippen molar-refractivity contribution in [2.45, 2.75) is 13.5 Å². The molecule has 0 aliphatic carbocycles. The molecule has 4 rings (SSSR count). The molecule has 0 fully saturated rings. The van der Waals surface area contributed by atoms with E-state index in [-0.39, 0.29) is 5.91 Å². The molecule has 2 aromatic carbocycles. The average Bonchev–Trinajstić information content (AvgIpc) is 3.19. The first-order valence-electron chi connectivity index (χ1n) is 9.10. The van der Waals surface area contributed by atoms with Gasteiger partial charge in [0.15, 0.2) is 0 Å². The largest absolute Gasteiger partial charge is 0.347 e. The maximum atomic E-state index is 12.9. The van der Waals surface area contributed by atoms with Crippen molar-refractivity contribution >= 4 is 5.91 Å². The average molecular weight is 368 g/mol. The fraction of sp³-hybridized carbons (Fsp3) is 0.0870. The first-order chi connectivity index (χ1) is 13.7. The number of aromatic nitrogens is 3. The van der Waals surface area contributed by atoms with Crippen molar-refractivity contribution in [1.82, 2.24) is 20.1 Å². The van der Waals surface area contributed by atoms with Crippen molar-refractivity contribution in [3.05, 3.63) is 102 Å². The van der Waals surface area contributed by atoms with E-state index < -0.39 is 0 Å². The van der Waals surface area contributed by atoms with Crippen molar-refractivity contribution in [2.24, 2.45) is 0 Å².